The monoisotopic (exact) mass is 282 g/mol. The van der Waals surface area contributed by atoms with Crippen LogP contribution in [0.4, 0.5) is 4.79 Å². The minimum Gasteiger partial charge on any atom is -0.480 e. The topological polar surface area (TPSA) is 107 Å². The van der Waals surface area contributed by atoms with Gasteiger partial charge in [0.05, 0.1) is 6.20 Å². The maximum atomic E-state index is 11.6. The zero-order chi connectivity index (χ0) is 15.2. The smallest absolute Gasteiger partial charge is 0.329 e. The number of hydrogen-bond donors (Lipinski definition) is 4. The molecule has 0 saturated carbocycles. The fourth-order valence-corrected chi connectivity index (χ4v) is 1.70. The number of carbonyl (C=O) groups excluding carboxylic acids is 1. The van der Waals surface area contributed by atoms with Crippen molar-refractivity contribution in [3.63, 3.8) is 0 Å². The van der Waals surface area contributed by atoms with E-state index in [4.69, 9.17) is 5.11 Å². The highest BCUT2D eigenvalue weighted by Crippen LogP contribution is 2.09. The van der Waals surface area contributed by atoms with Gasteiger partial charge in [-0.1, -0.05) is 6.92 Å². The van der Waals surface area contributed by atoms with Gasteiger partial charge in [-0.05, 0) is 38.7 Å². The third-order valence-electron chi connectivity index (χ3n) is 3.41. The molecule has 1 aromatic heterocycles. The Balaban J connectivity index is 2.30. The van der Waals surface area contributed by atoms with Crippen LogP contribution in [0.5, 0.6) is 0 Å². The fraction of sp³-hybridized carbons (Fsp3) is 0.615. The molecule has 0 bridgehead atoms. The number of amides is 2. The summed E-state index contributed by atoms with van der Waals surface area (Å²) in [6.07, 6.45) is 3.67. The molecule has 1 rings (SSSR count). The number of nitrogens with zero attached hydrogens (tertiary/aromatic N) is 1. The van der Waals surface area contributed by atoms with Gasteiger partial charge in [-0.15, -0.1) is 0 Å². The maximum Gasteiger partial charge on any atom is 0.329 e. The van der Waals surface area contributed by atoms with Crippen molar-refractivity contribution in [2.45, 2.75) is 45.6 Å². The predicted molar refractivity (Wildman–Crippen MR) is 74.5 cm³/mol. The van der Waals surface area contributed by atoms with Gasteiger partial charge < -0.3 is 15.7 Å². The van der Waals surface area contributed by atoms with Crippen molar-refractivity contribution < 1.29 is 14.7 Å². The number of aryl methyl sites for hydroxylation is 2. The van der Waals surface area contributed by atoms with E-state index in [1.807, 2.05) is 6.92 Å². The molecule has 7 nitrogen and oxygen atoms in total. The van der Waals surface area contributed by atoms with E-state index >= 15 is 0 Å². The van der Waals surface area contributed by atoms with Crippen LogP contribution >= 0.6 is 0 Å². The summed E-state index contributed by atoms with van der Waals surface area (Å²) in [6, 6.07) is -0.458. The Bertz CT molecular complexity index is 472. The molecule has 0 aliphatic rings. The van der Waals surface area contributed by atoms with Crippen LogP contribution in [0, 0.1) is 6.92 Å². The molecule has 4 N–H and O–H groups in total. The van der Waals surface area contributed by atoms with Crippen molar-refractivity contribution in [2.24, 2.45) is 0 Å². The summed E-state index contributed by atoms with van der Waals surface area (Å²) >= 11 is 0. The predicted octanol–water partition coefficient (Wildman–Crippen LogP) is 1.20. The molecular formula is C13H22N4O3. The third kappa shape index (κ3) is 4.25. The minimum atomic E-state index is -1.23. The number of rotatable bonds is 7. The average Bonchev–Trinajstić information content (AvgIpc) is 2.80. The Morgan fingerprint density at radius 2 is 2.20 bits per heavy atom. The number of carboxylic acids is 1. The first kappa shape index (κ1) is 16.0. The van der Waals surface area contributed by atoms with Gasteiger partial charge in [-0.2, -0.15) is 5.10 Å². The highest BCUT2D eigenvalue weighted by atomic mass is 16.4. The van der Waals surface area contributed by atoms with E-state index in [-0.39, 0.29) is 0 Å². The molecular weight excluding hydrogens is 260 g/mol. The Kier molecular flexibility index (Phi) is 5.54. The quantitative estimate of drug-likeness (QED) is 0.564. The first-order valence-electron chi connectivity index (χ1n) is 6.67. The van der Waals surface area contributed by atoms with Crippen molar-refractivity contribution in [1.82, 2.24) is 20.8 Å². The Labute approximate surface area is 118 Å². The second-order valence-electron chi connectivity index (χ2n) is 5.00. The molecule has 0 radical (unpaired) electrons. The van der Waals surface area contributed by atoms with Gasteiger partial charge >= 0.3 is 12.0 Å². The average molecular weight is 282 g/mol. The number of hydrogen-bond acceptors (Lipinski definition) is 3. The number of carbonyl (C=O) groups is 2. The summed E-state index contributed by atoms with van der Waals surface area (Å²) in [5.41, 5.74) is 0.917. The van der Waals surface area contributed by atoms with Crippen molar-refractivity contribution >= 4 is 12.0 Å². The van der Waals surface area contributed by atoms with Crippen LogP contribution in [0.1, 0.15) is 37.9 Å². The third-order valence-corrected chi connectivity index (χ3v) is 3.41. The number of carboxylic acid groups (broad SMARTS) is 1. The molecule has 7 heteroatoms. The van der Waals surface area contributed by atoms with E-state index in [2.05, 4.69) is 20.8 Å². The molecule has 1 atom stereocenters. The molecule has 1 unspecified atom stereocenters. The molecule has 0 aliphatic carbocycles. The molecule has 0 aromatic carbocycles. The number of aliphatic carboxylic acids is 1. The molecule has 0 aliphatic heterocycles. The molecule has 2 amide bonds. The summed E-state index contributed by atoms with van der Waals surface area (Å²) in [5, 5.41) is 21.0. The van der Waals surface area contributed by atoms with E-state index in [1.54, 1.807) is 13.1 Å². The second kappa shape index (κ2) is 6.93. The van der Waals surface area contributed by atoms with E-state index in [0.29, 0.717) is 13.0 Å². The Morgan fingerprint density at radius 1 is 1.50 bits per heavy atom. The normalized spacial score (nSPS) is 13.6. The zero-order valence-corrected chi connectivity index (χ0v) is 12.1. The van der Waals surface area contributed by atoms with Gasteiger partial charge in [0, 0.05) is 12.2 Å². The number of aromatic amines is 1. The lowest BCUT2D eigenvalue weighted by Gasteiger charge is -2.24. The van der Waals surface area contributed by atoms with Gasteiger partial charge in [-0.25, -0.2) is 9.59 Å². The van der Waals surface area contributed by atoms with Crippen molar-refractivity contribution in [1.29, 1.82) is 0 Å². The summed E-state index contributed by atoms with van der Waals surface area (Å²) in [6.45, 7) is 5.64. The van der Waals surface area contributed by atoms with Crippen LogP contribution in [0.15, 0.2) is 6.20 Å². The molecule has 1 aromatic rings. The van der Waals surface area contributed by atoms with Crippen molar-refractivity contribution in [2.75, 3.05) is 6.54 Å². The molecule has 1 heterocycles. The van der Waals surface area contributed by atoms with E-state index in [0.717, 1.165) is 24.1 Å². The summed E-state index contributed by atoms with van der Waals surface area (Å²) in [5.74, 6) is -1.04. The van der Waals surface area contributed by atoms with Crippen LogP contribution in [0.2, 0.25) is 0 Å². The summed E-state index contributed by atoms with van der Waals surface area (Å²) in [4.78, 5) is 22.7. The van der Waals surface area contributed by atoms with Crippen molar-refractivity contribution in [3.8, 4) is 0 Å². The largest absolute Gasteiger partial charge is 0.480 e. The lowest BCUT2D eigenvalue weighted by molar-refractivity contribution is -0.143. The SMILES string of the molecule is CCC(C)(NC(=O)NCCCc1cn[nH]c1C)C(=O)O. The first-order valence-corrected chi connectivity index (χ1v) is 6.67. The van der Waals surface area contributed by atoms with Crippen LogP contribution < -0.4 is 10.6 Å². The van der Waals surface area contributed by atoms with E-state index in [9.17, 15) is 9.59 Å². The zero-order valence-electron chi connectivity index (χ0n) is 12.1. The van der Waals surface area contributed by atoms with Gasteiger partial charge in [0.2, 0.25) is 0 Å². The van der Waals surface area contributed by atoms with Gasteiger partial charge in [0.15, 0.2) is 0 Å². The van der Waals surface area contributed by atoms with Crippen LogP contribution in [0.3, 0.4) is 0 Å². The lowest BCUT2D eigenvalue weighted by Crippen LogP contribution is -2.54. The molecule has 112 valence electrons. The van der Waals surface area contributed by atoms with Crippen LogP contribution in [0.25, 0.3) is 0 Å². The van der Waals surface area contributed by atoms with E-state index < -0.39 is 17.5 Å². The van der Waals surface area contributed by atoms with Gasteiger partial charge in [0.1, 0.15) is 5.54 Å². The fourth-order valence-electron chi connectivity index (χ4n) is 1.70. The maximum absolute atomic E-state index is 11.6. The van der Waals surface area contributed by atoms with E-state index in [1.165, 1.54) is 6.92 Å². The lowest BCUT2D eigenvalue weighted by atomic mass is 10.00. The minimum absolute atomic E-state index is 0.323. The molecule has 20 heavy (non-hydrogen) atoms. The highest BCUT2D eigenvalue weighted by molar-refractivity contribution is 5.85. The Morgan fingerprint density at radius 3 is 2.70 bits per heavy atom. The molecule has 0 spiro atoms. The second-order valence-corrected chi connectivity index (χ2v) is 5.00. The highest BCUT2D eigenvalue weighted by Gasteiger charge is 2.32. The van der Waals surface area contributed by atoms with Crippen molar-refractivity contribution in [3.05, 3.63) is 17.5 Å². The van der Waals surface area contributed by atoms with Crippen LogP contribution in [-0.4, -0.2) is 39.4 Å². The summed E-state index contributed by atoms with van der Waals surface area (Å²) in [7, 11) is 0. The summed E-state index contributed by atoms with van der Waals surface area (Å²) < 4.78 is 0. The number of urea groups is 1. The van der Waals surface area contributed by atoms with Gasteiger partial charge in [0.25, 0.3) is 0 Å². The standard InChI is InChI=1S/C13H22N4O3/c1-4-13(3,11(18)19)16-12(20)14-7-5-6-10-8-15-17-9(10)2/h8H,4-7H2,1-3H3,(H,15,17)(H,18,19)(H2,14,16,20). The van der Waals surface area contributed by atoms with Gasteiger partial charge in [-0.3, -0.25) is 5.10 Å². The number of aromatic nitrogens is 2. The number of nitrogens with one attached hydrogen (secondary N) is 3. The molecule has 0 fully saturated rings. The molecule has 0 saturated heterocycles. The Hall–Kier alpha value is -2.05. The first-order chi connectivity index (χ1) is 9.39. The van der Waals surface area contributed by atoms with Crippen LogP contribution in [-0.2, 0) is 11.2 Å². The number of H-pyrrole nitrogens is 1.